The van der Waals surface area contributed by atoms with E-state index in [4.69, 9.17) is 40.0 Å². The van der Waals surface area contributed by atoms with Crippen LogP contribution < -0.4 is 10.6 Å². The third-order valence-corrected chi connectivity index (χ3v) is 7.27. The van der Waals surface area contributed by atoms with Crippen molar-refractivity contribution in [1.82, 2.24) is 10.6 Å². The van der Waals surface area contributed by atoms with Crippen LogP contribution in [-0.2, 0) is 54.2 Å². The van der Waals surface area contributed by atoms with Crippen LogP contribution in [0.4, 0.5) is 4.79 Å². The van der Waals surface area contributed by atoms with Gasteiger partial charge in [-0.3, -0.25) is 19.2 Å². The minimum Gasteiger partial charge on any atom is -0.456 e. The van der Waals surface area contributed by atoms with E-state index in [1.165, 1.54) is 6.92 Å². The van der Waals surface area contributed by atoms with Gasteiger partial charge in [0.15, 0.2) is 24.5 Å². The van der Waals surface area contributed by atoms with Crippen LogP contribution in [0.15, 0.2) is 30.3 Å². The topological polar surface area (TPSA) is 185 Å². The summed E-state index contributed by atoms with van der Waals surface area (Å²) in [6.45, 7) is 5.04. The number of aliphatic hydroxyl groups excluding tert-OH is 1. The van der Waals surface area contributed by atoms with Crippen LogP contribution in [0.25, 0.3) is 0 Å². The quantitative estimate of drug-likeness (QED) is 0.179. The Kier molecular flexibility index (Phi) is 13.2. The molecular weight excluding hydrogens is 604 g/mol. The lowest BCUT2D eigenvalue weighted by molar-refractivity contribution is -0.248. The van der Waals surface area contributed by atoms with Crippen LogP contribution >= 0.6 is 11.6 Å². The van der Waals surface area contributed by atoms with E-state index in [1.807, 2.05) is 6.07 Å². The number of alkyl halides is 1. The Morgan fingerprint density at radius 1 is 0.909 bits per heavy atom. The number of halogens is 1. The molecule has 0 radical (unpaired) electrons. The van der Waals surface area contributed by atoms with E-state index < -0.39 is 84.7 Å². The molecule has 1 saturated heterocycles. The number of carbonyl (C=O) groups excluding carboxylic acids is 5. The lowest BCUT2D eigenvalue weighted by atomic mass is 9.80. The number of ether oxygens (including phenoxy) is 6. The predicted octanol–water partition coefficient (Wildman–Crippen LogP) is 1.33. The smallest absolute Gasteiger partial charge is 0.407 e. The highest BCUT2D eigenvalue weighted by Gasteiger charge is 2.52. The molecule has 1 heterocycles. The number of nitrogens with one attached hydrogen (secondary N) is 2. The largest absolute Gasteiger partial charge is 0.456 e. The van der Waals surface area contributed by atoms with Gasteiger partial charge in [0.1, 0.15) is 6.61 Å². The van der Waals surface area contributed by atoms with Crippen molar-refractivity contribution in [3.63, 3.8) is 0 Å². The molecule has 0 spiro atoms. The summed E-state index contributed by atoms with van der Waals surface area (Å²) >= 11 is 5.76. The van der Waals surface area contributed by atoms with Crippen molar-refractivity contribution >= 4 is 41.5 Å². The van der Waals surface area contributed by atoms with Crippen molar-refractivity contribution in [2.75, 3.05) is 12.5 Å². The number of hydrogen-bond donors (Lipinski definition) is 3. The zero-order chi connectivity index (χ0) is 32.4. The fraction of sp³-hybridized carbons (Fsp3) is 0.621. The summed E-state index contributed by atoms with van der Waals surface area (Å²) in [4.78, 5) is 62.3. The van der Waals surface area contributed by atoms with Crippen LogP contribution in [0, 0.1) is 5.92 Å². The van der Waals surface area contributed by atoms with Crippen molar-refractivity contribution in [3.05, 3.63) is 35.9 Å². The molecular formula is C29H39ClN2O12. The second kappa shape index (κ2) is 16.6. The van der Waals surface area contributed by atoms with Crippen molar-refractivity contribution in [2.24, 2.45) is 5.92 Å². The Balaban J connectivity index is 1.82. The molecule has 1 saturated carbocycles. The summed E-state index contributed by atoms with van der Waals surface area (Å²) in [5.41, 5.74) is 0.754. The first-order chi connectivity index (χ1) is 20.9. The highest BCUT2D eigenvalue weighted by molar-refractivity contribution is 6.17. The van der Waals surface area contributed by atoms with E-state index in [0.717, 1.165) is 26.3 Å². The van der Waals surface area contributed by atoms with Crippen LogP contribution in [0.2, 0.25) is 0 Å². The highest BCUT2D eigenvalue weighted by atomic mass is 35.5. The van der Waals surface area contributed by atoms with Gasteiger partial charge in [-0.2, -0.15) is 0 Å². The van der Waals surface area contributed by atoms with Gasteiger partial charge in [0.2, 0.25) is 5.91 Å². The molecule has 0 aromatic heterocycles. The second-order valence-corrected chi connectivity index (χ2v) is 10.9. The summed E-state index contributed by atoms with van der Waals surface area (Å²) in [7, 11) is 0. The monoisotopic (exact) mass is 642 g/mol. The number of rotatable bonds is 11. The zero-order valence-electron chi connectivity index (χ0n) is 24.9. The Hall–Kier alpha value is -3.46. The number of alkyl carbamates (subject to hydrolysis) is 1. The fourth-order valence-corrected chi connectivity index (χ4v) is 5.35. The molecule has 44 heavy (non-hydrogen) atoms. The third-order valence-electron chi connectivity index (χ3n) is 7.12. The normalized spacial score (nSPS) is 29.9. The van der Waals surface area contributed by atoms with E-state index in [2.05, 4.69) is 10.6 Å². The summed E-state index contributed by atoms with van der Waals surface area (Å²) in [6, 6.07) is 8.10. The maximum absolute atomic E-state index is 13.8. The molecule has 1 aromatic carbocycles. The molecule has 15 heteroatoms. The van der Waals surface area contributed by atoms with Gasteiger partial charge in [-0.25, -0.2) is 4.79 Å². The molecule has 14 nitrogen and oxygen atoms in total. The van der Waals surface area contributed by atoms with Gasteiger partial charge in [-0.05, 0) is 25.3 Å². The third kappa shape index (κ3) is 10.0. The molecule has 9 atom stereocenters. The summed E-state index contributed by atoms with van der Waals surface area (Å²) in [5.74, 6) is -3.68. The number of amides is 2. The van der Waals surface area contributed by atoms with E-state index in [9.17, 15) is 29.1 Å². The molecule has 2 amide bonds. The van der Waals surface area contributed by atoms with Crippen LogP contribution in [0.3, 0.4) is 0 Å². The number of hydrogen-bond acceptors (Lipinski definition) is 12. The predicted molar refractivity (Wildman–Crippen MR) is 152 cm³/mol. The molecule has 2 fully saturated rings. The second-order valence-electron chi connectivity index (χ2n) is 10.5. The van der Waals surface area contributed by atoms with Gasteiger partial charge < -0.3 is 44.2 Å². The van der Waals surface area contributed by atoms with Gasteiger partial charge in [-0.1, -0.05) is 30.3 Å². The van der Waals surface area contributed by atoms with Crippen molar-refractivity contribution in [1.29, 1.82) is 0 Å². The SMILES string of the molecule is CC(=O)O[C@@H]1[C@H](OC(C)=O)[C@H](C)O[C@@H](NC(=O)[C@@H]2C[C@@H](OCCCl)[C@H](O)C[C@@H]2NC(=O)OCc2ccccc2)[C@H]1OC(C)=O. The first kappa shape index (κ1) is 35.0. The molecule has 1 aliphatic heterocycles. The average molecular weight is 643 g/mol. The van der Waals surface area contributed by atoms with E-state index in [1.54, 1.807) is 24.3 Å². The number of aliphatic hydroxyl groups is 1. The van der Waals surface area contributed by atoms with E-state index in [0.29, 0.717) is 0 Å². The van der Waals surface area contributed by atoms with Crippen molar-refractivity contribution in [2.45, 2.75) is 96.0 Å². The minimum absolute atomic E-state index is 0.0147. The van der Waals surface area contributed by atoms with Crippen LogP contribution in [0.1, 0.15) is 46.1 Å². The molecule has 2 aliphatic rings. The van der Waals surface area contributed by atoms with Gasteiger partial charge in [-0.15, -0.1) is 11.6 Å². The number of carbonyl (C=O) groups is 5. The van der Waals surface area contributed by atoms with Crippen molar-refractivity contribution in [3.8, 4) is 0 Å². The average Bonchev–Trinajstić information content (AvgIpc) is 2.95. The molecule has 1 aliphatic carbocycles. The van der Waals surface area contributed by atoms with Crippen LogP contribution in [-0.4, -0.2) is 96.4 Å². The maximum atomic E-state index is 13.8. The molecule has 244 valence electrons. The zero-order valence-corrected chi connectivity index (χ0v) is 25.7. The molecule has 1 aromatic rings. The molecule has 3 N–H and O–H groups in total. The van der Waals surface area contributed by atoms with E-state index in [-0.39, 0.29) is 31.9 Å². The Labute approximate surface area is 259 Å². The lowest BCUT2D eigenvalue weighted by Crippen LogP contribution is -2.66. The van der Waals surface area contributed by atoms with Gasteiger partial charge in [0.25, 0.3) is 0 Å². The Morgan fingerprint density at radius 2 is 1.52 bits per heavy atom. The fourth-order valence-electron chi connectivity index (χ4n) is 5.26. The summed E-state index contributed by atoms with van der Waals surface area (Å²) in [5, 5.41) is 16.1. The van der Waals surface area contributed by atoms with Crippen molar-refractivity contribution < 1.29 is 57.5 Å². The standard InChI is InChI=1S/C29H39ClN2O12/c1-15-24(42-16(2)33)25(43-17(3)34)26(44-18(4)35)28(41-15)32-27(37)20-12-23(39-11-10-30)22(36)13-21(20)31-29(38)40-14-19-8-6-5-7-9-19/h5-9,15,20-26,28,36H,10-14H2,1-4H3,(H,31,38)(H,32,37)/t15-,20+,21-,22+,23+,24+,25+,26-,28+/m0/s1. The molecule has 3 rings (SSSR count). The Bertz CT molecular complexity index is 1150. The number of esters is 3. The van der Waals surface area contributed by atoms with E-state index >= 15 is 0 Å². The molecule has 0 bridgehead atoms. The maximum Gasteiger partial charge on any atom is 0.407 e. The number of benzene rings is 1. The molecule has 0 unspecified atom stereocenters. The minimum atomic E-state index is -1.40. The lowest BCUT2D eigenvalue weighted by Gasteiger charge is -2.44. The first-order valence-electron chi connectivity index (χ1n) is 14.2. The van der Waals surface area contributed by atoms with Gasteiger partial charge >= 0.3 is 24.0 Å². The van der Waals surface area contributed by atoms with Gasteiger partial charge in [0, 0.05) is 32.7 Å². The highest BCUT2D eigenvalue weighted by Crippen LogP contribution is 2.31. The Morgan fingerprint density at radius 3 is 2.14 bits per heavy atom. The van der Waals surface area contributed by atoms with Crippen LogP contribution in [0.5, 0.6) is 0 Å². The summed E-state index contributed by atoms with van der Waals surface area (Å²) in [6.07, 6.45) is -8.80. The first-order valence-corrected chi connectivity index (χ1v) is 14.7. The van der Waals surface area contributed by atoms with Gasteiger partial charge in [0.05, 0.1) is 30.8 Å². The summed E-state index contributed by atoms with van der Waals surface area (Å²) < 4.78 is 33.0.